The molecule has 2 heterocycles. The molecule has 2 atom stereocenters. The fourth-order valence-corrected chi connectivity index (χ4v) is 4.40. The van der Waals surface area contributed by atoms with Crippen LogP contribution in [0.1, 0.15) is 44.2 Å². The Labute approximate surface area is 185 Å². The zero-order chi connectivity index (χ0) is 18.4. The molecular weight excluding hydrogens is 473 g/mol. The highest BCUT2D eigenvalue weighted by Gasteiger charge is 2.24. The summed E-state index contributed by atoms with van der Waals surface area (Å²) in [4.78, 5) is 9.68. The van der Waals surface area contributed by atoms with Crippen molar-refractivity contribution >= 4 is 41.5 Å². The molecule has 2 aliphatic rings. The Balaban J connectivity index is 0.00000261. The Morgan fingerprint density at radius 1 is 1.30 bits per heavy atom. The quantitative estimate of drug-likeness (QED) is 0.338. The highest BCUT2D eigenvalue weighted by Crippen LogP contribution is 2.27. The van der Waals surface area contributed by atoms with E-state index >= 15 is 0 Å². The predicted octanol–water partition coefficient (Wildman–Crippen LogP) is 3.48. The first kappa shape index (κ1) is 22.7. The summed E-state index contributed by atoms with van der Waals surface area (Å²) in [6, 6.07) is 8.97. The predicted molar refractivity (Wildman–Crippen MR) is 125 cm³/mol. The summed E-state index contributed by atoms with van der Waals surface area (Å²) in [5.74, 6) is 0.555. The molecule has 0 saturated carbocycles. The summed E-state index contributed by atoms with van der Waals surface area (Å²) in [5, 5.41) is 4.12. The minimum Gasteiger partial charge on any atom is -0.370 e. The first-order chi connectivity index (χ1) is 12.7. The molecule has 152 valence electrons. The molecule has 0 amide bonds. The number of guanidine groups is 1. The normalized spacial score (nSPS) is 22.6. The number of likely N-dealkylation sites (N-methyl/N-ethyl adjacent to an activating group) is 1. The molecular formula is C20H33ClIN5. The van der Waals surface area contributed by atoms with Crippen molar-refractivity contribution < 1.29 is 0 Å². The Hall–Kier alpha value is -0.570. The van der Waals surface area contributed by atoms with Crippen LogP contribution >= 0.6 is 35.6 Å². The van der Waals surface area contributed by atoms with E-state index in [1.807, 2.05) is 12.1 Å². The molecule has 5 nitrogen and oxygen atoms in total. The maximum Gasteiger partial charge on any atom is 0.188 e. The van der Waals surface area contributed by atoms with Gasteiger partial charge in [0.05, 0.1) is 12.6 Å². The molecule has 1 aromatic rings. The standard InChI is InChI=1S/C20H32ClN5.HI/c1-2-25-12-6-9-18(25)14-23-20(22)24-15-19(26-10-3-4-11-26)16-7-5-8-17(21)13-16;/h5,7-8,13,18-19H,2-4,6,9-12,14-15H2,1H3,(H3,22,23,24);1H. The van der Waals surface area contributed by atoms with E-state index < -0.39 is 0 Å². The summed E-state index contributed by atoms with van der Waals surface area (Å²) in [7, 11) is 0. The van der Waals surface area contributed by atoms with Crippen molar-refractivity contribution in [1.29, 1.82) is 0 Å². The summed E-state index contributed by atoms with van der Waals surface area (Å²) >= 11 is 6.21. The lowest BCUT2D eigenvalue weighted by Crippen LogP contribution is -2.43. The lowest BCUT2D eigenvalue weighted by molar-refractivity contribution is 0.251. The van der Waals surface area contributed by atoms with E-state index in [1.54, 1.807) is 0 Å². The average Bonchev–Trinajstić information content (AvgIpc) is 3.32. The second-order valence-electron chi connectivity index (χ2n) is 7.35. The van der Waals surface area contributed by atoms with E-state index in [2.05, 4.69) is 39.2 Å². The van der Waals surface area contributed by atoms with Crippen molar-refractivity contribution in [2.45, 2.75) is 44.7 Å². The van der Waals surface area contributed by atoms with Crippen LogP contribution in [0.2, 0.25) is 5.02 Å². The molecule has 7 heteroatoms. The van der Waals surface area contributed by atoms with Crippen LogP contribution in [-0.4, -0.2) is 61.1 Å². The molecule has 2 unspecified atom stereocenters. The van der Waals surface area contributed by atoms with Gasteiger partial charge in [-0.15, -0.1) is 24.0 Å². The maximum atomic E-state index is 6.21. The number of nitrogens with zero attached hydrogens (tertiary/aromatic N) is 3. The second kappa shape index (κ2) is 11.4. The number of likely N-dealkylation sites (tertiary alicyclic amines) is 2. The van der Waals surface area contributed by atoms with E-state index in [-0.39, 0.29) is 30.0 Å². The monoisotopic (exact) mass is 505 g/mol. The Kier molecular flexibility index (Phi) is 9.62. The minimum absolute atomic E-state index is 0. The minimum atomic E-state index is 0. The van der Waals surface area contributed by atoms with Crippen LogP contribution in [-0.2, 0) is 0 Å². The highest BCUT2D eigenvalue weighted by molar-refractivity contribution is 14.0. The third kappa shape index (κ3) is 6.48. The van der Waals surface area contributed by atoms with Crippen molar-refractivity contribution in [1.82, 2.24) is 15.1 Å². The molecule has 2 saturated heterocycles. The van der Waals surface area contributed by atoms with Gasteiger partial charge in [0.1, 0.15) is 0 Å². The van der Waals surface area contributed by atoms with Gasteiger partial charge in [0.25, 0.3) is 0 Å². The average molecular weight is 506 g/mol. The first-order valence-electron chi connectivity index (χ1n) is 9.94. The van der Waals surface area contributed by atoms with Gasteiger partial charge in [-0.1, -0.05) is 30.7 Å². The van der Waals surface area contributed by atoms with Crippen molar-refractivity contribution in [3.05, 3.63) is 34.9 Å². The molecule has 2 fully saturated rings. The lowest BCUT2D eigenvalue weighted by Gasteiger charge is -2.27. The van der Waals surface area contributed by atoms with Gasteiger partial charge in [-0.2, -0.15) is 0 Å². The molecule has 0 aromatic heterocycles. The van der Waals surface area contributed by atoms with E-state index in [1.165, 1.54) is 37.8 Å². The van der Waals surface area contributed by atoms with Crippen LogP contribution in [0.25, 0.3) is 0 Å². The summed E-state index contributed by atoms with van der Waals surface area (Å²) in [6.07, 6.45) is 5.03. The van der Waals surface area contributed by atoms with Gasteiger partial charge >= 0.3 is 0 Å². The largest absolute Gasteiger partial charge is 0.370 e. The van der Waals surface area contributed by atoms with Gasteiger partial charge in [0.15, 0.2) is 5.96 Å². The van der Waals surface area contributed by atoms with Crippen LogP contribution < -0.4 is 11.1 Å². The van der Waals surface area contributed by atoms with Crippen LogP contribution in [0.3, 0.4) is 0 Å². The van der Waals surface area contributed by atoms with Crippen molar-refractivity contribution in [2.24, 2.45) is 10.7 Å². The Morgan fingerprint density at radius 3 is 2.78 bits per heavy atom. The van der Waals surface area contributed by atoms with E-state index in [4.69, 9.17) is 17.3 Å². The van der Waals surface area contributed by atoms with Crippen molar-refractivity contribution in [2.75, 3.05) is 39.3 Å². The fraction of sp³-hybridized carbons (Fsp3) is 0.650. The van der Waals surface area contributed by atoms with E-state index in [0.717, 1.165) is 31.2 Å². The molecule has 2 aliphatic heterocycles. The van der Waals surface area contributed by atoms with Crippen LogP contribution in [0, 0.1) is 0 Å². The van der Waals surface area contributed by atoms with Crippen molar-refractivity contribution in [3.8, 4) is 0 Å². The van der Waals surface area contributed by atoms with Crippen molar-refractivity contribution in [3.63, 3.8) is 0 Å². The smallest absolute Gasteiger partial charge is 0.188 e. The number of hydrogen-bond donors (Lipinski definition) is 2. The third-order valence-electron chi connectivity index (χ3n) is 5.67. The first-order valence-corrected chi connectivity index (χ1v) is 10.3. The van der Waals surface area contributed by atoms with Crippen LogP contribution in [0.15, 0.2) is 29.3 Å². The number of benzene rings is 1. The second-order valence-corrected chi connectivity index (χ2v) is 7.78. The van der Waals surface area contributed by atoms with E-state index in [0.29, 0.717) is 18.5 Å². The molecule has 1 aromatic carbocycles. The fourth-order valence-electron chi connectivity index (χ4n) is 4.20. The van der Waals surface area contributed by atoms with Gasteiger partial charge in [0, 0.05) is 17.6 Å². The number of halogens is 2. The van der Waals surface area contributed by atoms with E-state index in [9.17, 15) is 0 Å². The zero-order valence-corrected chi connectivity index (χ0v) is 19.3. The number of nitrogens with one attached hydrogen (secondary N) is 1. The van der Waals surface area contributed by atoms with Crippen LogP contribution in [0.5, 0.6) is 0 Å². The molecule has 27 heavy (non-hydrogen) atoms. The number of nitrogens with two attached hydrogens (primary N) is 1. The van der Waals surface area contributed by atoms with Gasteiger partial charge < -0.3 is 11.1 Å². The molecule has 3 N–H and O–H groups in total. The Morgan fingerprint density at radius 2 is 2.07 bits per heavy atom. The zero-order valence-electron chi connectivity index (χ0n) is 16.2. The van der Waals surface area contributed by atoms with Gasteiger partial charge in [-0.3, -0.25) is 14.8 Å². The summed E-state index contributed by atoms with van der Waals surface area (Å²) in [5.41, 5.74) is 7.40. The lowest BCUT2D eigenvalue weighted by atomic mass is 10.1. The highest BCUT2D eigenvalue weighted by atomic mass is 127. The summed E-state index contributed by atoms with van der Waals surface area (Å²) < 4.78 is 0. The molecule has 0 aliphatic carbocycles. The molecule has 0 radical (unpaired) electrons. The van der Waals surface area contributed by atoms with Gasteiger partial charge in [-0.05, 0) is 69.6 Å². The maximum absolute atomic E-state index is 6.21. The van der Waals surface area contributed by atoms with Crippen LogP contribution in [0.4, 0.5) is 0 Å². The molecule has 3 rings (SSSR count). The third-order valence-corrected chi connectivity index (χ3v) is 5.91. The Bertz CT molecular complexity index is 606. The number of aliphatic imine (C=N–C) groups is 1. The van der Waals surface area contributed by atoms with Gasteiger partial charge in [-0.25, -0.2) is 0 Å². The molecule has 0 spiro atoms. The SMILES string of the molecule is CCN1CCCC1CNC(N)=NCC(c1cccc(Cl)c1)N1CCCC1.I. The topological polar surface area (TPSA) is 56.9 Å². The number of hydrogen-bond acceptors (Lipinski definition) is 3. The molecule has 0 bridgehead atoms. The summed E-state index contributed by atoms with van der Waals surface area (Å²) in [6.45, 7) is 8.32. The number of rotatable bonds is 7. The van der Waals surface area contributed by atoms with Gasteiger partial charge in [0.2, 0.25) is 0 Å².